The minimum Gasteiger partial charge on any atom is -0.354 e. The van der Waals surface area contributed by atoms with Crippen LogP contribution in [0.15, 0.2) is 6.33 Å². The molecule has 3 rings (SSSR count). The molecule has 4 nitrogen and oxygen atoms in total. The van der Waals surface area contributed by atoms with E-state index in [9.17, 15) is 0 Å². The van der Waals surface area contributed by atoms with Crippen molar-refractivity contribution in [3.8, 4) is 0 Å². The summed E-state index contributed by atoms with van der Waals surface area (Å²) in [6.45, 7) is 8.85. The van der Waals surface area contributed by atoms with Crippen LogP contribution in [0.2, 0.25) is 0 Å². The van der Waals surface area contributed by atoms with Crippen LogP contribution < -0.4 is 10.2 Å². The summed E-state index contributed by atoms with van der Waals surface area (Å²) in [7, 11) is 0. The van der Waals surface area contributed by atoms with Crippen LogP contribution in [-0.4, -0.2) is 36.1 Å². The molecule has 1 fully saturated rings. The monoisotopic (exact) mass is 232 g/mol. The van der Waals surface area contributed by atoms with Crippen molar-refractivity contribution in [3.05, 3.63) is 17.6 Å². The molecule has 0 spiro atoms. The van der Waals surface area contributed by atoms with E-state index in [-0.39, 0.29) is 5.41 Å². The molecule has 4 heteroatoms. The van der Waals surface area contributed by atoms with Crippen molar-refractivity contribution in [2.75, 3.05) is 31.1 Å². The number of aromatic nitrogens is 2. The SMILES string of the molecule is CC1(C)CCc2ncnc(N3CCNCC3)c21. The molecule has 1 N–H and O–H groups in total. The van der Waals surface area contributed by atoms with E-state index >= 15 is 0 Å². The summed E-state index contributed by atoms with van der Waals surface area (Å²) in [5.74, 6) is 1.18. The van der Waals surface area contributed by atoms with Crippen molar-refractivity contribution in [2.24, 2.45) is 0 Å². The lowest BCUT2D eigenvalue weighted by Crippen LogP contribution is -2.44. The van der Waals surface area contributed by atoms with E-state index in [2.05, 4.69) is 34.0 Å². The summed E-state index contributed by atoms with van der Waals surface area (Å²) in [5, 5.41) is 3.39. The molecular weight excluding hydrogens is 212 g/mol. The van der Waals surface area contributed by atoms with Gasteiger partial charge in [0.25, 0.3) is 0 Å². The molecule has 1 aliphatic carbocycles. The highest BCUT2D eigenvalue weighted by Crippen LogP contribution is 2.41. The lowest BCUT2D eigenvalue weighted by atomic mass is 9.87. The van der Waals surface area contributed by atoms with Gasteiger partial charge in [0.1, 0.15) is 12.1 Å². The van der Waals surface area contributed by atoms with Crippen LogP contribution >= 0.6 is 0 Å². The Labute approximate surface area is 102 Å². The second-order valence-electron chi connectivity index (χ2n) is 5.64. The zero-order chi connectivity index (χ0) is 11.9. The fraction of sp³-hybridized carbons (Fsp3) is 0.692. The average Bonchev–Trinajstić information content (AvgIpc) is 2.67. The maximum atomic E-state index is 4.56. The molecule has 1 aromatic rings. The van der Waals surface area contributed by atoms with Gasteiger partial charge in [0.15, 0.2) is 0 Å². The molecule has 1 aromatic heterocycles. The molecule has 0 amide bonds. The zero-order valence-electron chi connectivity index (χ0n) is 10.7. The van der Waals surface area contributed by atoms with Crippen molar-refractivity contribution >= 4 is 5.82 Å². The Bertz CT molecular complexity index is 421. The molecule has 92 valence electrons. The number of anilines is 1. The van der Waals surface area contributed by atoms with Crippen molar-refractivity contribution < 1.29 is 0 Å². The van der Waals surface area contributed by atoms with E-state index in [0.29, 0.717) is 0 Å². The lowest BCUT2D eigenvalue weighted by Gasteiger charge is -2.32. The van der Waals surface area contributed by atoms with Gasteiger partial charge in [0.2, 0.25) is 0 Å². The molecule has 1 aliphatic heterocycles. The zero-order valence-corrected chi connectivity index (χ0v) is 10.7. The Balaban J connectivity index is 2.03. The van der Waals surface area contributed by atoms with Gasteiger partial charge in [-0.25, -0.2) is 9.97 Å². The van der Waals surface area contributed by atoms with E-state index < -0.39 is 0 Å². The second kappa shape index (κ2) is 3.95. The third-order valence-corrected chi connectivity index (χ3v) is 3.99. The van der Waals surface area contributed by atoms with Crippen LogP contribution in [0.25, 0.3) is 0 Å². The smallest absolute Gasteiger partial charge is 0.136 e. The standard InChI is InChI=1S/C13H20N4/c1-13(2)4-3-10-11(13)12(16-9-15-10)17-7-5-14-6-8-17/h9,14H,3-8H2,1-2H3. The molecule has 0 unspecified atom stereocenters. The third kappa shape index (κ3) is 1.80. The first-order valence-corrected chi connectivity index (χ1v) is 6.48. The highest BCUT2D eigenvalue weighted by atomic mass is 15.2. The molecule has 0 atom stereocenters. The van der Waals surface area contributed by atoms with E-state index in [4.69, 9.17) is 0 Å². The van der Waals surface area contributed by atoms with Crippen LogP contribution in [0.3, 0.4) is 0 Å². The average molecular weight is 232 g/mol. The first-order chi connectivity index (χ1) is 8.18. The van der Waals surface area contributed by atoms with Gasteiger partial charge in [-0.3, -0.25) is 0 Å². The van der Waals surface area contributed by atoms with Crippen molar-refractivity contribution in [1.82, 2.24) is 15.3 Å². The van der Waals surface area contributed by atoms with Gasteiger partial charge in [-0.15, -0.1) is 0 Å². The minimum absolute atomic E-state index is 0.233. The van der Waals surface area contributed by atoms with Crippen molar-refractivity contribution in [2.45, 2.75) is 32.1 Å². The number of hydrogen-bond donors (Lipinski definition) is 1. The maximum Gasteiger partial charge on any atom is 0.136 e. The summed E-state index contributed by atoms with van der Waals surface area (Å²) < 4.78 is 0. The van der Waals surface area contributed by atoms with E-state index in [1.807, 2.05) is 0 Å². The van der Waals surface area contributed by atoms with Crippen LogP contribution in [0.5, 0.6) is 0 Å². The van der Waals surface area contributed by atoms with Gasteiger partial charge in [-0.05, 0) is 18.3 Å². The van der Waals surface area contributed by atoms with Gasteiger partial charge in [0.05, 0.1) is 0 Å². The Hall–Kier alpha value is -1.16. The van der Waals surface area contributed by atoms with E-state index in [1.54, 1.807) is 6.33 Å². The summed E-state index contributed by atoms with van der Waals surface area (Å²) in [6, 6.07) is 0. The normalized spacial score (nSPS) is 22.6. The highest BCUT2D eigenvalue weighted by Gasteiger charge is 2.35. The molecule has 0 radical (unpaired) electrons. The number of nitrogens with one attached hydrogen (secondary N) is 1. The predicted molar refractivity (Wildman–Crippen MR) is 68.5 cm³/mol. The Morgan fingerprint density at radius 1 is 1.24 bits per heavy atom. The number of rotatable bonds is 1. The fourth-order valence-electron chi connectivity index (χ4n) is 2.97. The molecule has 1 saturated heterocycles. The van der Waals surface area contributed by atoms with E-state index in [1.165, 1.54) is 23.5 Å². The molecule has 0 saturated carbocycles. The van der Waals surface area contributed by atoms with Gasteiger partial charge in [-0.1, -0.05) is 13.8 Å². The van der Waals surface area contributed by atoms with Crippen molar-refractivity contribution in [1.29, 1.82) is 0 Å². The third-order valence-electron chi connectivity index (χ3n) is 3.99. The van der Waals surface area contributed by atoms with Gasteiger partial charge in [-0.2, -0.15) is 0 Å². The summed E-state index contributed by atoms with van der Waals surface area (Å²) in [5.41, 5.74) is 2.89. The lowest BCUT2D eigenvalue weighted by molar-refractivity contribution is 0.515. The van der Waals surface area contributed by atoms with Crippen LogP contribution in [0.1, 0.15) is 31.5 Å². The van der Waals surface area contributed by atoms with Gasteiger partial charge < -0.3 is 10.2 Å². The molecule has 17 heavy (non-hydrogen) atoms. The van der Waals surface area contributed by atoms with Crippen LogP contribution in [-0.2, 0) is 11.8 Å². The Morgan fingerprint density at radius 2 is 2.00 bits per heavy atom. The number of aryl methyl sites for hydroxylation is 1. The summed E-state index contributed by atoms with van der Waals surface area (Å²) in [4.78, 5) is 11.4. The summed E-state index contributed by atoms with van der Waals surface area (Å²) >= 11 is 0. The van der Waals surface area contributed by atoms with Crippen LogP contribution in [0.4, 0.5) is 5.82 Å². The van der Waals surface area contributed by atoms with Gasteiger partial charge >= 0.3 is 0 Å². The van der Waals surface area contributed by atoms with E-state index in [0.717, 1.165) is 32.6 Å². The second-order valence-corrected chi connectivity index (χ2v) is 5.64. The molecule has 2 heterocycles. The number of piperazine rings is 1. The predicted octanol–water partition coefficient (Wildman–Crippen LogP) is 1.11. The topological polar surface area (TPSA) is 41.1 Å². The summed E-state index contributed by atoms with van der Waals surface area (Å²) in [6.07, 6.45) is 4.03. The first-order valence-electron chi connectivity index (χ1n) is 6.48. The fourth-order valence-corrected chi connectivity index (χ4v) is 2.97. The highest BCUT2D eigenvalue weighted by molar-refractivity contribution is 5.54. The molecule has 0 bridgehead atoms. The quantitative estimate of drug-likeness (QED) is 0.787. The Morgan fingerprint density at radius 3 is 2.76 bits per heavy atom. The van der Waals surface area contributed by atoms with Crippen LogP contribution in [0, 0.1) is 0 Å². The molecular formula is C13H20N4. The largest absolute Gasteiger partial charge is 0.354 e. The first kappa shape index (κ1) is 11.0. The maximum absolute atomic E-state index is 4.56. The number of hydrogen-bond acceptors (Lipinski definition) is 4. The van der Waals surface area contributed by atoms with Crippen molar-refractivity contribution in [3.63, 3.8) is 0 Å². The number of nitrogens with zero attached hydrogens (tertiary/aromatic N) is 3. The molecule has 0 aromatic carbocycles. The molecule has 2 aliphatic rings. The van der Waals surface area contributed by atoms with Gasteiger partial charge in [0, 0.05) is 37.4 Å². The minimum atomic E-state index is 0.233. The number of fused-ring (bicyclic) bond motifs is 1. The Kier molecular flexibility index (Phi) is 2.54.